The summed E-state index contributed by atoms with van der Waals surface area (Å²) in [7, 11) is 0. The Morgan fingerprint density at radius 1 is 1.00 bits per heavy atom. The highest BCUT2D eigenvalue weighted by Crippen LogP contribution is 2.24. The summed E-state index contributed by atoms with van der Waals surface area (Å²) in [6, 6.07) is 14.8. The highest BCUT2D eigenvalue weighted by atomic mass is 16.1. The molecular formula is C21H20N8O. The van der Waals surface area contributed by atoms with Crippen molar-refractivity contribution in [1.82, 2.24) is 35.0 Å². The Bertz CT molecular complexity index is 1160. The molecule has 0 saturated heterocycles. The molecule has 1 aliphatic rings. The number of carbonyl (C=O) groups excluding carboxylic acids is 1. The number of nitrogens with one attached hydrogen (secondary N) is 1. The lowest BCUT2D eigenvalue weighted by molar-refractivity contribution is 0.102. The van der Waals surface area contributed by atoms with Gasteiger partial charge in [-0.2, -0.15) is 0 Å². The second kappa shape index (κ2) is 7.86. The third-order valence-electron chi connectivity index (χ3n) is 5.23. The van der Waals surface area contributed by atoms with Gasteiger partial charge in [-0.1, -0.05) is 12.5 Å². The Labute approximate surface area is 172 Å². The molecule has 150 valence electrons. The molecule has 0 aliphatic carbocycles. The molecule has 5 rings (SSSR count). The highest BCUT2D eigenvalue weighted by Gasteiger charge is 2.16. The van der Waals surface area contributed by atoms with Crippen molar-refractivity contribution in [3.05, 3.63) is 66.2 Å². The molecule has 0 bridgehead atoms. The van der Waals surface area contributed by atoms with Gasteiger partial charge in [-0.25, -0.2) is 4.68 Å². The lowest BCUT2D eigenvalue weighted by Crippen LogP contribution is -2.12. The molecule has 1 amide bonds. The normalized spacial score (nSPS) is 13.5. The predicted molar refractivity (Wildman–Crippen MR) is 110 cm³/mol. The highest BCUT2D eigenvalue weighted by molar-refractivity contribution is 6.04. The number of nitrogens with zero attached hydrogens (tertiary/aromatic N) is 7. The van der Waals surface area contributed by atoms with Gasteiger partial charge < -0.3 is 9.88 Å². The van der Waals surface area contributed by atoms with Gasteiger partial charge in [0, 0.05) is 29.8 Å². The molecule has 9 heteroatoms. The van der Waals surface area contributed by atoms with Gasteiger partial charge in [-0.05, 0) is 65.7 Å². The van der Waals surface area contributed by atoms with Crippen molar-refractivity contribution < 1.29 is 4.79 Å². The molecule has 0 saturated carbocycles. The van der Waals surface area contributed by atoms with Crippen molar-refractivity contribution in [2.24, 2.45) is 0 Å². The first-order valence-electron chi connectivity index (χ1n) is 9.95. The van der Waals surface area contributed by atoms with Gasteiger partial charge in [0.1, 0.15) is 12.2 Å². The molecule has 1 N–H and O–H groups in total. The van der Waals surface area contributed by atoms with Crippen molar-refractivity contribution in [2.75, 3.05) is 5.32 Å². The number of hydrogen-bond acceptors (Lipinski definition) is 6. The van der Waals surface area contributed by atoms with Crippen LogP contribution in [0.25, 0.3) is 17.1 Å². The number of aromatic nitrogens is 7. The summed E-state index contributed by atoms with van der Waals surface area (Å²) in [6.07, 6.45) is 6.00. The topological polar surface area (TPSA) is 103 Å². The van der Waals surface area contributed by atoms with E-state index in [-0.39, 0.29) is 5.91 Å². The number of amides is 1. The number of carbonyl (C=O) groups is 1. The number of rotatable bonds is 4. The third kappa shape index (κ3) is 3.57. The fourth-order valence-electron chi connectivity index (χ4n) is 3.67. The number of aryl methyl sites for hydroxylation is 1. The average molecular weight is 400 g/mol. The van der Waals surface area contributed by atoms with E-state index in [4.69, 9.17) is 0 Å². The minimum absolute atomic E-state index is 0.200. The smallest absolute Gasteiger partial charge is 0.255 e. The Morgan fingerprint density at radius 2 is 1.90 bits per heavy atom. The minimum Gasteiger partial charge on any atom is -0.322 e. The zero-order valence-corrected chi connectivity index (χ0v) is 16.3. The lowest BCUT2D eigenvalue weighted by atomic mass is 10.1. The molecule has 2 aromatic heterocycles. The third-order valence-corrected chi connectivity index (χ3v) is 5.23. The van der Waals surface area contributed by atoms with E-state index in [1.165, 1.54) is 17.4 Å². The first-order valence-corrected chi connectivity index (χ1v) is 9.95. The molecule has 4 aromatic rings. The van der Waals surface area contributed by atoms with Crippen molar-refractivity contribution in [2.45, 2.75) is 32.2 Å². The van der Waals surface area contributed by atoms with E-state index in [1.807, 2.05) is 30.3 Å². The van der Waals surface area contributed by atoms with Crippen molar-refractivity contribution >= 4 is 11.6 Å². The molecular weight excluding hydrogens is 380 g/mol. The van der Waals surface area contributed by atoms with Gasteiger partial charge in [0.2, 0.25) is 0 Å². The van der Waals surface area contributed by atoms with Crippen LogP contribution in [0.15, 0.2) is 54.9 Å². The quantitative estimate of drug-likeness (QED) is 0.565. The number of tetrazole rings is 1. The van der Waals surface area contributed by atoms with Gasteiger partial charge in [0.25, 0.3) is 5.91 Å². The Balaban J connectivity index is 1.33. The van der Waals surface area contributed by atoms with Crippen molar-refractivity contribution in [3.8, 4) is 17.1 Å². The number of hydrogen-bond donors (Lipinski definition) is 1. The fraction of sp³-hybridized carbons (Fsp3) is 0.238. The zero-order chi connectivity index (χ0) is 20.3. The average Bonchev–Trinajstić information content (AvgIpc) is 3.40. The summed E-state index contributed by atoms with van der Waals surface area (Å²) in [4.78, 5) is 12.7. The van der Waals surface area contributed by atoms with Crippen LogP contribution in [0.3, 0.4) is 0 Å². The summed E-state index contributed by atoms with van der Waals surface area (Å²) in [5, 5.41) is 22.8. The molecule has 0 atom stereocenters. The molecule has 0 spiro atoms. The zero-order valence-electron chi connectivity index (χ0n) is 16.3. The maximum Gasteiger partial charge on any atom is 0.255 e. The predicted octanol–water partition coefficient (Wildman–Crippen LogP) is 2.90. The number of anilines is 1. The van der Waals surface area contributed by atoms with Gasteiger partial charge in [0.05, 0.1) is 5.69 Å². The van der Waals surface area contributed by atoms with Crippen LogP contribution in [0.2, 0.25) is 0 Å². The van der Waals surface area contributed by atoms with Crippen molar-refractivity contribution in [3.63, 3.8) is 0 Å². The van der Waals surface area contributed by atoms with E-state index in [0.717, 1.165) is 48.7 Å². The Morgan fingerprint density at radius 3 is 2.73 bits per heavy atom. The molecule has 0 fully saturated rings. The van der Waals surface area contributed by atoms with E-state index in [2.05, 4.69) is 35.6 Å². The number of fused-ring (bicyclic) bond motifs is 1. The van der Waals surface area contributed by atoms with Crippen LogP contribution in [0.1, 0.15) is 35.4 Å². The van der Waals surface area contributed by atoms with Crippen LogP contribution < -0.4 is 5.32 Å². The van der Waals surface area contributed by atoms with Crippen LogP contribution in [0.5, 0.6) is 0 Å². The number of benzene rings is 2. The molecule has 0 unspecified atom stereocenters. The van der Waals surface area contributed by atoms with Crippen LogP contribution >= 0.6 is 0 Å². The Hall–Kier alpha value is -3.88. The van der Waals surface area contributed by atoms with Crippen LogP contribution in [0, 0.1) is 0 Å². The summed E-state index contributed by atoms with van der Waals surface area (Å²) < 4.78 is 3.72. The molecule has 30 heavy (non-hydrogen) atoms. The van der Waals surface area contributed by atoms with Gasteiger partial charge in [-0.3, -0.25) is 4.79 Å². The largest absolute Gasteiger partial charge is 0.322 e. The van der Waals surface area contributed by atoms with Gasteiger partial charge >= 0.3 is 0 Å². The van der Waals surface area contributed by atoms with E-state index in [9.17, 15) is 4.79 Å². The molecule has 2 aromatic carbocycles. The van der Waals surface area contributed by atoms with Gasteiger partial charge in [-0.15, -0.1) is 15.3 Å². The minimum atomic E-state index is -0.200. The van der Waals surface area contributed by atoms with E-state index < -0.39 is 0 Å². The summed E-state index contributed by atoms with van der Waals surface area (Å²) in [5.41, 5.74) is 2.95. The van der Waals surface area contributed by atoms with Crippen LogP contribution in [0.4, 0.5) is 5.69 Å². The van der Waals surface area contributed by atoms with E-state index in [1.54, 1.807) is 18.2 Å². The monoisotopic (exact) mass is 400 g/mol. The first kappa shape index (κ1) is 18.2. The summed E-state index contributed by atoms with van der Waals surface area (Å²) >= 11 is 0. The summed E-state index contributed by atoms with van der Waals surface area (Å²) in [5.74, 6) is 1.75. The van der Waals surface area contributed by atoms with Gasteiger partial charge in [0.15, 0.2) is 5.82 Å². The second-order valence-electron chi connectivity index (χ2n) is 7.24. The Kier molecular flexibility index (Phi) is 4.76. The van der Waals surface area contributed by atoms with Crippen LogP contribution in [-0.4, -0.2) is 40.9 Å². The molecule has 1 aliphatic heterocycles. The first-order chi connectivity index (χ1) is 14.8. The van der Waals surface area contributed by atoms with Crippen molar-refractivity contribution in [1.29, 1.82) is 0 Å². The fourth-order valence-corrected chi connectivity index (χ4v) is 3.67. The molecule has 9 nitrogen and oxygen atoms in total. The maximum atomic E-state index is 12.7. The SMILES string of the molecule is O=C(Nc1ccc(-c2nnc3n2CCCCC3)cc1)c1cccc(-n2cnnn2)c1. The van der Waals surface area contributed by atoms with E-state index in [0.29, 0.717) is 11.3 Å². The molecule has 0 radical (unpaired) electrons. The standard InChI is InChI=1S/C21H20N8O/c30-21(16-5-4-6-18(13-16)29-14-22-26-27-29)23-17-10-8-15(9-11-17)20-25-24-19-7-2-1-3-12-28(19)20/h4-6,8-11,13-14H,1-3,7,12H2,(H,23,30). The lowest BCUT2D eigenvalue weighted by Gasteiger charge is -2.09. The second-order valence-corrected chi connectivity index (χ2v) is 7.24. The van der Waals surface area contributed by atoms with Crippen LogP contribution in [-0.2, 0) is 13.0 Å². The summed E-state index contributed by atoms with van der Waals surface area (Å²) in [6.45, 7) is 0.952. The maximum absolute atomic E-state index is 12.7. The molecule has 3 heterocycles. The van der Waals surface area contributed by atoms with E-state index >= 15 is 0 Å².